The number of hydrogen-bond donors (Lipinski definition) is 2. The predicted molar refractivity (Wildman–Crippen MR) is 79.5 cm³/mol. The molecule has 110 valence electrons. The third-order valence-corrected chi connectivity index (χ3v) is 5.47. The molecule has 0 radical (unpaired) electrons. The summed E-state index contributed by atoms with van der Waals surface area (Å²) in [4.78, 5) is 14.7. The molecular weight excluding hydrogens is 262 g/mol. The fraction of sp³-hybridized carbons (Fsp3) is 0.846. The van der Waals surface area contributed by atoms with E-state index in [-0.39, 0.29) is 11.7 Å². The topological polar surface area (TPSA) is 78.9 Å². The SMILES string of the molecule is CCC1CN(C(=O)C(CC)(CC)C(N)=NO)CCS1. The van der Waals surface area contributed by atoms with Gasteiger partial charge in [-0.2, -0.15) is 11.8 Å². The van der Waals surface area contributed by atoms with Crippen LogP contribution in [-0.2, 0) is 4.79 Å². The molecule has 1 amide bonds. The Morgan fingerprint density at radius 3 is 2.58 bits per heavy atom. The minimum Gasteiger partial charge on any atom is -0.409 e. The lowest BCUT2D eigenvalue weighted by molar-refractivity contribution is -0.138. The Labute approximate surface area is 119 Å². The van der Waals surface area contributed by atoms with Gasteiger partial charge in [0.15, 0.2) is 5.84 Å². The van der Waals surface area contributed by atoms with Crippen molar-refractivity contribution < 1.29 is 10.0 Å². The molecule has 1 aliphatic rings. The van der Waals surface area contributed by atoms with Gasteiger partial charge >= 0.3 is 0 Å². The standard InChI is InChI=1S/C13H25N3O2S/c1-4-10-9-16(7-8-19-10)12(17)13(5-2,6-3)11(14)15-18/h10,18H,4-9H2,1-3H3,(H2,14,15). The average Bonchev–Trinajstić information content (AvgIpc) is 2.48. The molecule has 1 heterocycles. The van der Waals surface area contributed by atoms with E-state index in [4.69, 9.17) is 10.9 Å². The third-order valence-electron chi connectivity index (χ3n) is 4.10. The Balaban J connectivity index is 2.94. The number of nitrogens with zero attached hydrogens (tertiary/aromatic N) is 2. The van der Waals surface area contributed by atoms with E-state index in [1.54, 1.807) is 0 Å². The Hall–Kier alpha value is -0.910. The molecule has 1 fully saturated rings. The zero-order valence-corrected chi connectivity index (χ0v) is 12.9. The molecule has 1 unspecified atom stereocenters. The van der Waals surface area contributed by atoms with E-state index in [9.17, 15) is 4.79 Å². The molecule has 1 saturated heterocycles. The number of carbonyl (C=O) groups excluding carboxylic acids is 1. The number of carbonyl (C=O) groups is 1. The highest BCUT2D eigenvalue weighted by Crippen LogP contribution is 2.32. The number of rotatable bonds is 5. The molecule has 5 nitrogen and oxygen atoms in total. The second-order valence-electron chi connectivity index (χ2n) is 4.93. The van der Waals surface area contributed by atoms with Crippen molar-refractivity contribution >= 4 is 23.5 Å². The first kappa shape index (κ1) is 16.1. The van der Waals surface area contributed by atoms with Crippen LogP contribution in [0.2, 0.25) is 0 Å². The number of thioether (sulfide) groups is 1. The van der Waals surface area contributed by atoms with Crippen molar-refractivity contribution in [3.8, 4) is 0 Å². The molecule has 0 bridgehead atoms. The van der Waals surface area contributed by atoms with Crippen LogP contribution in [0.4, 0.5) is 0 Å². The van der Waals surface area contributed by atoms with Crippen LogP contribution in [0.5, 0.6) is 0 Å². The summed E-state index contributed by atoms with van der Waals surface area (Å²) in [5, 5.41) is 12.6. The molecule has 1 aliphatic heterocycles. The summed E-state index contributed by atoms with van der Waals surface area (Å²) in [5.41, 5.74) is 4.94. The van der Waals surface area contributed by atoms with Crippen molar-refractivity contribution in [3.05, 3.63) is 0 Å². The van der Waals surface area contributed by atoms with E-state index in [0.717, 1.165) is 25.3 Å². The van der Waals surface area contributed by atoms with Crippen molar-refractivity contribution in [2.75, 3.05) is 18.8 Å². The van der Waals surface area contributed by atoms with Gasteiger partial charge in [-0.1, -0.05) is 25.9 Å². The third kappa shape index (κ3) is 3.16. The smallest absolute Gasteiger partial charge is 0.236 e. The first-order valence-corrected chi connectivity index (χ1v) is 7.99. The number of oxime groups is 1. The van der Waals surface area contributed by atoms with E-state index < -0.39 is 5.41 Å². The molecule has 0 aliphatic carbocycles. The minimum atomic E-state index is -0.852. The molecule has 3 N–H and O–H groups in total. The van der Waals surface area contributed by atoms with Gasteiger partial charge in [0.2, 0.25) is 5.91 Å². The predicted octanol–water partition coefficient (Wildman–Crippen LogP) is 1.89. The summed E-state index contributed by atoms with van der Waals surface area (Å²) in [5.74, 6) is 1.00. The van der Waals surface area contributed by atoms with Crippen LogP contribution in [0.1, 0.15) is 40.0 Å². The largest absolute Gasteiger partial charge is 0.409 e. The number of hydrogen-bond acceptors (Lipinski definition) is 4. The van der Waals surface area contributed by atoms with Gasteiger partial charge < -0.3 is 15.8 Å². The highest BCUT2D eigenvalue weighted by atomic mass is 32.2. The van der Waals surface area contributed by atoms with Gasteiger partial charge in [-0.25, -0.2) is 0 Å². The van der Waals surface area contributed by atoms with Gasteiger partial charge in [0.1, 0.15) is 5.41 Å². The zero-order chi connectivity index (χ0) is 14.5. The molecule has 0 aromatic rings. The maximum atomic E-state index is 12.8. The van der Waals surface area contributed by atoms with Gasteiger partial charge in [0.25, 0.3) is 0 Å². The summed E-state index contributed by atoms with van der Waals surface area (Å²) in [7, 11) is 0. The summed E-state index contributed by atoms with van der Waals surface area (Å²) < 4.78 is 0. The molecule has 6 heteroatoms. The molecular formula is C13H25N3O2S. The van der Waals surface area contributed by atoms with Crippen LogP contribution in [0.15, 0.2) is 5.16 Å². The maximum Gasteiger partial charge on any atom is 0.236 e. The highest BCUT2D eigenvalue weighted by molar-refractivity contribution is 8.00. The van der Waals surface area contributed by atoms with Crippen molar-refractivity contribution in [2.45, 2.75) is 45.3 Å². The molecule has 1 rings (SSSR count). The second kappa shape index (κ2) is 7.03. The lowest BCUT2D eigenvalue weighted by atomic mass is 9.79. The first-order chi connectivity index (χ1) is 9.05. The fourth-order valence-corrected chi connectivity index (χ4v) is 3.75. The van der Waals surface area contributed by atoms with Gasteiger partial charge in [0, 0.05) is 24.1 Å². The van der Waals surface area contributed by atoms with Gasteiger partial charge in [-0.3, -0.25) is 4.79 Å². The van der Waals surface area contributed by atoms with Crippen LogP contribution < -0.4 is 5.73 Å². The number of amides is 1. The summed E-state index contributed by atoms with van der Waals surface area (Å²) in [6.45, 7) is 7.48. The molecule has 0 aromatic heterocycles. The van der Waals surface area contributed by atoms with Gasteiger partial charge in [0.05, 0.1) is 0 Å². The molecule has 19 heavy (non-hydrogen) atoms. The molecule has 1 atom stereocenters. The number of nitrogens with two attached hydrogens (primary N) is 1. The fourth-order valence-electron chi connectivity index (χ4n) is 2.57. The van der Waals surface area contributed by atoms with E-state index in [2.05, 4.69) is 12.1 Å². The van der Waals surface area contributed by atoms with Crippen molar-refractivity contribution in [1.29, 1.82) is 0 Å². The second-order valence-corrected chi connectivity index (χ2v) is 6.33. The van der Waals surface area contributed by atoms with E-state index in [1.165, 1.54) is 0 Å². The quantitative estimate of drug-likeness (QED) is 0.350. The Morgan fingerprint density at radius 2 is 2.11 bits per heavy atom. The maximum absolute atomic E-state index is 12.8. The first-order valence-electron chi connectivity index (χ1n) is 6.94. The molecule has 0 aromatic carbocycles. The van der Waals surface area contributed by atoms with Crippen LogP contribution >= 0.6 is 11.8 Å². The summed E-state index contributed by atoms with van der Waals surface area (Å²) in [6.07, 6.45) is 2.17. The summed E-state index contributed by atoms with van der Waals surface area (Å²) in [6, 6.07) is 0. The molecule has 0 saturated carbocycles. The van der Waals surface area contributed by atoms with Gasteiger partial charge in [-0.05, 0) is 19.3 Å². The Bertz CT molecular complexity index is 343. The number of amidine groups is 1. The lowest BCUT2D eigenvalue weighted by Gasteiger charge is -2.39. The minimum absolute atomic E-state index is 0.00606. The highest BCUT2D eigenvalue weighted by Gasteiger charge is 2.43. The van der Waals surface area contributed by atoms with Crippen LogP contribution in [0.25, 0.3) is 0 Å². The Kier molecular flexibility index (Phi) is 5.97. The van der Waals surface area contributed by atoms with Gasteiger partial charge in [-0.15, -0.1) is 0 Å². The Morgan fingerprint density at radius 1 is 1.47 bits per heavy atom. The molecule has 0 spiro atoms. The average molecular weight is 287 g/mol. The zero-order valence-electron chi connectivity index (χ0n) is 12.1. The summed E-state index contributed by atoms with van der Waals surface area (Å²) >= 11 is 1.92. The lowest BCUT2D eigenvalue weighted by Crippen LogP contribution is -2.54. The van der Waals surface area contributed by atoms with Crippen LogP contribution in [0.3, 0.4) is 0 Å². The normalized spacial score (nSPS) is 21.5. The van der Waals surface area contributed by atoms with Crippen molar-refractivity contribution in [1.82, 2.24) is 4.90 Å². The van der Waals surface area contributed by atoms with E-state index >= 15 is 0 Å². The monoisotopic (exact) mass is 287 g/mol. The van der Waals surface area contributed by atoms with E-state index in [0.29, 0.717) is 18.1 Å². The van der Waals surface area contributed by atoms with Crippen molar-refractivity contribution in [3.63, 3.8) is 0 Å². The van der Waals surface area contributed by atoms with E-state index in [1.807, 2.05) is 30.5 Å². The van der Waals surface area contributed by atoms with Crippen LogP contribution in [-0.4, -0.2) is 45.9 Å². The van der Waals surface area contributed by atoms with Crippen molar-refractivity contribution in [2.24, 2.45) is 16.3 Å². The van der Waals surface area contributed by atoms with Crippen LogP contribution in [0, 0.1) is 5.41 Å².